The summed E-state index contributed by atoms with van der Waals surface area (Å²) in [6, 6.07) is 5.19. The van der Waals surface area contributed by atoms with Gasteiger partial charge < -0.3 is 10.6 Å². The molecule has 0 fully saturated rings. The first-order valence-corrected chi connectivity index (χ1v) is 8.44. The minimum atomic E-state index is -0.431. The Balaban J connectivity index is 2.34. The second-order valence-electron chi connectivity index (χ2n) is 5.61. The lowest BCUT2D eigenvalue weighted by Crippen LogP contribution is -2.49. The van der Waals surface area contributed by atoms with Gasteiger partial charge in [0.15, 0.2) is 5.11 Å². The van der Waals surface area contributed by atoms with Crippen molar-refractivity contribution in [2.24, 2.45) is 5.92 Å². The fraction of sp³-hybridized carbons (Fsp3) is 0.375. The van der Waals surface area contributed by atoms with Crippen molar-refractivity contribution in [1.82, 2.24) is 16.2 Å². The SMILES string of the molecule is Cc1c(Cl)cccc1NC(=O)CCC(=O)NNC(=S)NC(=O)C(C)C. The summed E-state index contributed by atoms with van der Waals surface area (Å²) in [5.41, 5.74) is 6.09. The van der Waals surface area contributed by atoms with Gasteiger partial charge in [0, 0.05) is 29.5 Å². The zero-order valence-electron chi connectivity index (χ0n) is 14.2. The van der Waals surface area contributed by atoms with E-state index in [4.69, 9.17) is 23.8 Å². The zero-order valence-corrected chi connectivity index (χ0v) is 15.8. The number of amides is 3. The number of hydrogen-bond donors (Lipinski definition) is 4. The van der Waals surface area contributed by atoms with Gasteiger partial charge in [-0.05, 0) is 36.8 Å². The summed E-state index contributed by atoms with van der Waals surface area (Å²) in [6.07, 6.45) is -0.0518. The number of carbonyl (C=O) groups is 3. The van der Waals surface area contributed by atoms with E-state index >= 15 is 0 Å². The van der Waals surface area contributed by atoms with E-state index in [2.05, 4.69) is 21.5 Å². The standard InChI is InChI=1S/C16H21ClN4O3S/c1-9(2)15(24)19-16(25)21-20-14(23)8-7-13(22)18-12-6-4-5-11(17)10(12)3/h4-6,9H,7-8H2,1-3H3,(H,18,22)(H,20,23)(H2,19,21,24,25). The highest BCUT2D eigenvalue weighted by Gasteiger charge is 2.11. The van der Waals surface area contributed by atoms with Crippen LogP contribution in [-0.2, 0) is 14.4 Å². The van der Waals surface area contributed by atoms with E-state index in [-0.39, 0.29) is 35.7 Å². The van der Waals surface area contributed by atoms with Crippen LogP contribution in [0.15, 0.2) is 18.2 Å². The first kappa shape index (κ1) is 20.9. The van der Waals surface area contributed by atoms with Gasteiger partial charge >= 0.3 is 0 Å². The molecule has 1 aromatic rings. The molecule has 3 amide bonds. The molecule has 0 spiro atoms. The molecule has 1 aromatic carbocycles. The fourth-order valence-corrected chi connectivity index (χ4v) is 1.99. The molecule has 4 N–H and O–H groups in total. The highest BCUT2D eigenvalue weighted by molar-refractivity contribution is 7.80. The van der Waals surface area contributed by atoms with Gasteiger partial charge in [0.05, 0.1) is 0 Å². The van der Waals surface area contributed by atoms with Gasteiger partial charge in [-0.2, -0.15) is 0 Å². The molecule has 25 heavy (non-hydrogen) atoms. The van der Waals surface area contributed by atoms with Crippen LogP contribution in [0.25, 0.3) is 0 Å². The number of hydrazine groups is 1. The van der Waals surface area contributed by atoms with Crippen LogP contribution in [0.3, 0.4) is 0 Å². The van der Waals surface area contributed by atoms with E-state index in [0.29, 0.717) is 10.7 Å². The molecule has 0 radical (unpaired) electrons. The van der Waals surface area contributed by atoms with Crippen LogP contribution >= 0.6 is 23.8 Å². The minimum Gasteiger partial charge on any atom is -0.326 e. The molecular formula is C16H21ClN4O3S. The van der Waals surface area contributed by atoms with Gasteiger partial charge in [0.2, 0.25) is 17.7 Å². The van der Waals surface area contributed by atoms with Crippen LogP contribution in [0.4, 0.5) is 5.69 Å². The van der Waals surface area contributed by atoms with Gasteiger partial charge in [-0.3, -0.25) is 25.2 Å². The van der Waals surface area contributed by atoms with E-state index in [0.717, 1.165) is 5.56 Å². The topological polar surface area (TPSA) is 99.3 Å². The smallest absolute Gasteiger partial charge is 0.238 e. The van der Waals surface area contributed by atoms with Gasteiger partial charge in [-0.1, -0.05) is 31.5 Å². The third-order valence-electron chi connectivity index (χ3n) is 3.20. The van der Waals surface area contributed by atoms with Crippen molar-refractivity contribution >= 4 is 52.3 Å². The van der Waals surface area contributed by atoms with E-state index in [1.807, 2.05) is 0 Å². The highest BCUT2D eigenvalue weighted by Crippen LogP contribution is 2.22. The molecule has 136 valence electrons. The predicted octanol–water partition coefficient (Wildman–Crippen LogP) is 2.05. The van der Waals surface area contributed by atoms with Crippen molar-refractivity contribution in [2.75, 3.05) is 5.32 Å². The Bertz CT molecular complexity index is 679. The number of hydrogen-bond acceptors (Lipinski definition) is 4. The van der Waals surface area contributed by atoms with Crippen LogP contribution in [0.2, 0.25) is 5.02 Å². The molecule has 0 heterocycles. The van der Waals surface area contributed by atoms with Crippen LogP contribution in [0.5, 0.6) is 0 Å². The molecule has 7 nitrogen and oxygen atoms in total. The number of anilines is 1. The Labute approximate surface area is 156 Å². The lowest BCUT2D eigenvalue weighted by atomic mass is 10.2. The second-order valence-corrected chi connectivity index (χ2v) is 6.42. The van der Waals surface area contributed by atoms with Gasteiger partial charge in [-0.15, -0.1) is 0 Å². The van der Waals surface area contributed by atoms with Gasteiger partial charge in [0.25, 0.3) is 0 Å². The van der Waals surface area contributed by atoms with E-state index in [9.17, 15) is 14.4 Å². The van der Waals surface area contributed by atoms with Crippen LogP contribution in [0, 0.1) is 12.8 Å². The predicted molar refractivity (Wildman–Crippen MR) is 101 cm³/mol. The minimum absolute atomic E-state index is 0.00828. The van der Waals surface area contributed by atoms with Crippen molar-refractivity contribution in [3.8, 4) is 0 Å². The normalized spacial score (nSPS) is 10.1. The monoisotopic (exact) mass is 384 g/mol. The van der Waals surface area contributed by atoms with Crippen molar-refractivity contribution in [1.29, 1.82) is 0 Å². The molecule has 0 saturated carbocycles. The Kier molecular flexibility index (Phi) is 8.30. The number of rotatable bonds is 5. The Hall–Kier alpha value is -2.19. The molecule has 0 aliphatic heterocycles. The second kappa shape index (κ2) is 9.95. The molecule has 0 aliphatic carbocycles. The third-order valence-corrected chi connectivity index (χ3v) is 3.81. The number of benzene rings is 1. The number of nitrogens with one attached hydrogen (secondary N) is 4. The van der Waals surface area contributed by atoms with Crippen LogP contribution in [-0.4, -0.2) is 22.8 Å². The van der Waals surface area contributed by atoms with Crippen molar-refractivity contribution < 1.29 is 14.4 Å². The number of thiocarbonyl (C=S) groups is 1. The molecular weight excluding hydrogens is 364 g/mol. The Morgan fingerprint density at radius 2 is 1.76 bits per heavy atom. The van der Waals surface area contributed by atoms with Crippen LogP contribution in [0.1, 0.15) is 32.3 Å². The average molecular weight is 385 g/mol. The summed E-state index contributed by atoms with van der Waals surface area (Å²) in [7, 11) is 0. The number of carbonyl (C=O) groups excluding carboxylic acids is 3. The van der Waals surface area contributed by atoms with Gasteiger partial charge in [0.1, 0.15) is 0 Å². The summed E-state index contributed by atoms with van der Waals surface area (Å²) < 4.78 is 0. The fourth-order valence-electron chi connectivity index (χ4n) is 1.66. The molecule has 0 aromatic heterocycles. The molecule has 0 atom stereocenters. The summed E-state index contributed by atoms with van der Waals surface area (Å²) in [5, 5.41) is 5.67. The van der Waals surface area contributed by atoms with E-state index in [1.54, 1.807) is 39.0 Å². The summed E-state index contributed by atoms with van der Waals surface area (Å²) in [6.45, 7) is 5.23. The summed E-state index contributed by atoms with van der Waals surface area (Å²) in [4.78, 5) is 35.0. The van der Waals surface area contributed by atoms with Crippen molar-refractivity contribution in [2.45, 2.75) is 33.6 Å². The highest BCUT2D eigenvalue weighted by atomic mass is 35.5. The Morgan fingerprint density at radius 1 is 1.12 bits per heavy atom. The van der Waals surface area contributed by atoms with Crippen molar-refractivity contribution in [3.63, 3.8) is 0 Å². The maximum Gasteiger partial charge on any atom is 0.238 e. The average Bonchev–Trinajstić information content (AvgIpc) is 2.55. The van der Waals surface area contributed by atoms with Crippen LogP contribution < -0.4 is 21.5 Å². The number of halogens is 1. The molecule has 0 saturated heterocycles. The van der Waals surface area contributed by atoms with E-state index < -0.39 is 5.91 Å². The maximum absolute atomic E-state index is 11.9. The molecule has 0 aliphatic rings. The molecule has 0 bridgehead atoms. The molecule has 9 heteroatoms. The zero-order chi connectivity index (χ0) is 19.0. The van der Waals surface area contributed by atoms with Gasteiger partial charge in [-0.25, -0.2) is 0 Å². The maximum atomic E-state index is 11.9. The Morgan fingerprint density at radius 3 is 2.40 bits per heavy atom. The molecule has 0 unspecified atom stereocenters. The molecule has 1 rings (SSSR count). The summed E-state index contributed by atoms with van der Waals surface area (Å²) >= 11 is 10.9. The summed E-state index contributed by atoms with van der Waals surface area (Å²) in [5.74, 6) is -1.23. The van der Waals surface area contributed by atoms with Crippen molar-refractivity contribution in [3.05, 3.63) is 28.8 Å². The third kappa shape index (κ3) is 7.49. The first-order chi connectivity index (χ1) is 11.7. The van der Waals surface area contributed by atoms with E-state index in [1.165, 1.54) is 0 Å². The largest absolute Gasteiger partial charge is 0.326 e. The lowest BCUT2D eigenvalue weighted by Gasteiger charge is -2.12. The first-order valence-electron chi connectivity index (χ1n) is 7.65. The lowest BCUT2D eigenvalue weighted by molar-refractivity contribution is -0.125. The quantitative estimate of drug-likeness (QED) is 0.460.